The number of para-hydroxylation sites is 1. The lowest BCUT2D eigenvalue weighted by Gasteiger charge is -2.33. The van der Waals surface area contributed by atoms with Gasteiger partial charge >= 0.3 is 0 Å². The molecule has 10 heteroatoms. The maximum absolute atomic E-state index is 14.6. The minimum atomic E-state index is -0.884. The smallest absolute Gasteiger partial charge is 0.246 e. The topological polar surface area (TPSA) is 88.2 Å². The lowest BCUT2D eigenvalue weighted by Crippen LogP contribution is -2.44. The third-order valence-electron chi connectivity index (χ3n) is 15.0. The fourth-order valence-electron chi connectivity index (χ4n) is 11.7. The van der Waals surface area contributed by atoms with Crippen molar-refractivity contribution in [3.63, 3.8) is 0 Å². The molecule has 5 heterocycles. The van der Waals surface area contributed by atoms with Gasteiger partial charge in [-0.15, -0.1) is 0 Å². The molecule has 0 radical (unpaired) electrons. The van der Waals surface area contributed by atoms with Gasteiger partial charge in [0.25, 0.3) is 0 Å². The molecule has 2 spiro atoms. The van der Waals surface area contributed by atoms with Gasteiger partial charge in [0.1, 0.15) is 60.6 Å². The molecule has 5 aliphatic rings. The Morgan fingerprint density at radius 2 is 1.03 bits per heavy atom. The molecule has 0 saturated heterocycles. The van der Waals surface area contributed by atoms with Crippen LogP contribution in [0.5, 0.6) is 40.2 Å². The molecule has 0 aromatic heterocycles. The predicted octanol–water partition coefficient (Wildman–Crippen LogP) is 11.6. The number of amides is 1. The predicted molar refractivity (Wildman–Crippen MR) is 278 cm³/mol. The Labute approximate surface area is 419 Å². The monoisotopic (exact) mass is 954 g/mol. The van der Waals surface area contributed by atoms with Gasteiger partial charge in [-0.1, -0.05) is 140 Å². The Morgan fingerprint density at radius 1 is 0.486 bits per heavy atom. The summed E-state index contributed by atoms with van der Waals surface area (Å²) < 4.78 is 41.7. The van der Waals surface area contributed by atoms with Crippen LogP contribution in [0.4, 0.5) is 11.4 Å². The number of aryl methyl sites for hydroxylation is 1. The van der Waals surface area contributed by atoms with Crippen molar-refractivity contribution in [2.45, 2.75) is 29.8 Å². The fraction of sp³-hybridized carbons (Fsp3) is 0.210. The van der Waals surface area contributed by atoms with Crippen LogP contribution in [0.1, 0.15) is 62.2 Å². The van der Waals surface area contributed by atoms with E-state index in [1.165, 1.54) is 11.1 Å². The van der Waals surface area contributed by atoms with Gasteiger partial charge in [-0.25, -0.2) is 0 Å². The van der Waals surface area contributed by atoms with E-state index in [1.807, 2.05) is 78.6 Å². The average molecular weight is 955 g/mol. The molecule has 0 bridgehead atoms. The van der Waals surface area contributed by atoms with Crippen molar-refractivity contribution >= 4 is 17.3 Å². The highest BCUT2D eigenvalue weighted by atomic mass is 16.6. The number of nitrogens with zero attached hydrogens (tertiary/aromatic N) is 2. The number of carbonyl (C=O) groups excluding carboxylic acids is 1. The maximum atomic E-state index is 14.6. The van der Waals surface area contributed by atoms with E-state index in [9.17, 15) is 4.79 Å². The summed E-state index contributed by atoms with van der Waals surface area (Å²) in [6.07, 6.45) is 0. The van der Waals surface area contributed by atoms with Crippen LogP contribution in [0.25, 0.3) is 0 Å². The van der Waals surface area contributed by atoms with Gasteiger partial charge < -0.3 is 38.1 Å². The van der Waals surface area contributed by atoms with Crippen molar-refractivity contribution in [2.75, 3.05) is 64.1 Å². The van der Waals surface area contributed by atoms with E-state index in [1.54, 1.807) is 21.3 Å². The van der Waals surface area contributed by atoms with Crippen LogP contribution >= 0.6 is 0 Å². The van der Waals surface area contributed by atoms with Crippen LogP contribution in [-0.4, -0.2) is 60.2 Å². The number of hydrogen-bond acceptors (Lipinski definition) is 9. The summed E-state index contributed by atoms with van der Waals surface area (Å²) in [6.45, 7) is 4.55. The van der Waals surface area contributed by atoms with Crippen LogP contribution in [0.2, 0.25) is 0 Å². The summed E-state index contributed by atoms with van der Waals surface area (Å²) in [4.78, 5) is 19.1. The second kappa shape index (κ2) is 18.1. The van der Waals surface area contributed by atoms with E-state index in [0.29, 0.717) is 32.1 Å². The molecule has 0 fully saturated rings. The first-order chi connectivity index (χ1) is 35.4. The lowest BCUT2D eigenvalue weighted by atomic mass is 9.76. The highest BCUT2D eigenvalue weighted by Gasteiger charge is 2.59. The number of hydrogen-bond donors (Lipinski definition) is 0. The molecule has 8 aromatic carbocycles. The van der Waals surface area contributed by atoms with Gasteiger partial charge in [0.2, 0.25) is 5.91 Å². The highest BCUT2D eigenvalue weighted by Crippen LogP contribution is 2.60. The Kier molecular flexibility index (Phi) is 11.3. The van der Waals surface area contributed by atoms with Gasteiger partial charge in [0, 0.05) is 58.9 Å². The number of rotatable bonds is 9. The zero-order chi connectivity index (χ0) is 49.0. The lowest BCUT2D eigenvalue weighted by molar-refractivity contribution is -0.122. The largest absolute Gasteiger partial charge is 0.497 e. The van der Waals surface area contributed by atoms with Crippen molar-refractivity contribution in [1.82, 2.24) is 0 Å². The molecule has 0 N–H and O–H groups in total. The van der Waals surface area contributed by atoms with Crippen molar-refractivity contribution < 1.29 is 38.0 Å². The highest BCUT2D eigenvalue weighted by molar-refractivity contribution is 6.12. The van der Waals surface area contributed by atoms with Crippen LogP contribution in [-0.2, 0) is 15.6 Å². The molecule has 0 aliphatic carbocycles. The van der Waals surface area contributed by atoms with Crippen molar-refractivity contribution in [3.05, 3.63) is 232 Å². The minimum Gasteiger partial charge on any atom is -0.497 e. The maximum Gasteiger partial charge on any atom is 0.246 e. The van der Waals surface area contributed by atoms with Crippen LogP contribution < -0.4 is 43.0 Å². The summed E-state index contributed by atoms with van der Waals surface area (Å²) in [5.74, 6) is 5.37. The van der Waals surface area contributed by atoms with E-state index in [4.69, 9.17) is 33.2 Å². The van der Waals surface area contributed by atoms with E-state index in [-0.39, 0.29) is 24.6 Å². The summed E-state index contributed by atoms with van der Waals surface area (Å²) in [7, 11) is 5.07. The van der Waals surface area contributed by atoms with E-state index in [0.717, 1.165) is 84.8 Å². The van der Waals surface area contributed by atoms with Crippen molar-refractivity contribution in [1.29, 1.82) is 0 Å². The average Bonchev–Trinajstić information content (AvgIpc) is 4.17. The Morgan fingerprint density at radius 3 is 1.62 bits per heavy atom. The molecule has 360 valence electrons. The van der Waals surface area contributed by atoms with Crippen molar-refractivity contribution in [2.24, 2.45) is 0 Å². The Balaban J connectivity index is 0.000000148. The number of benzene rings is 8. The quantitative estimate of drug-likeness (QED) is 0.140. The van der Waals surface area contributed by atoms with E-state index in [2.05, 4.69) is 120 Å². The van der Waals surface area contributed by atoms with Crippen molar-refractivity contribution in [3.8, 4) is 40.2 Å². The molecular formula is C62H54N2O8. The van der Waals surface area contributed by atoms with Gasteiger partial charge in [-0.2, -0.15) is 0 Å². The van der Waals surface area contributed by atoms with Crippen LogP contribution in [0.15, 0.2) is 182 Å². The molecule has 2 unspecified atom stereocenters. The summed E-state index contributed by atoms with van der Waals surface area (Å²) in [6, 6.07) is 61.8. The van der Waals surface area contributed by atoms with Gasteiger partial charge in [0.05, 0.1) is 38.8 Å². The third-order valence-corrected chi connectivity index (χ3v) is 15.0. The molecule has 8 aromatic rings. The summed E-state index contributed by atoms with van der Waals surface area (Å²) in [5.41, 5.74) is 10.3. The molecule has 2 atom stereocenters. The third kappa shape index (κ3) is 7.10. The zero-order valence-electron chi connectivity index (χ0n) is 40.7. The molecule has 0 saturated carbocycles. The van der Waals surface area contributed by atoms with Crippen LogP contribution in [0.3, 0.4) is 0 Å². The van der Waals surface area contributed by atoms with Gasteiger partial charge in [-0.3, -0.25) is 9.69 Å². The minimum absolute atomic E-state index is 0.0198. The molecule has 10 nitrogen and oxygen atoms in total. The molecule has 13 rings (SSSR count). The molecule has 5 aliphatic heterocycles. The molecule has 72 heavy (non-hydrogen) atoms. The second-order valence-corrected chi connectivity index (χ2v) is 18.9. The van der Waals surface area contributed by atoms with E-state index >= 15 is 0 Å². The Bertz CT molecular complexity index is 3240. The number of methoxy groups -OCH3 is 3. The SMILES string of the molecule is COc1cc(OC)c2c(c1)N(C(c1ccccc1)c1ccccc1)CC21COc2cc3c(cc21)OCCO3.COc1cc2c(cc1C)C1(CO2)C(=O)N(C(c2ccccc2)c2ccccc2)c2ccccc21. The first-order valence-corrected chi connectivity index (χ1v) is 24.4. The van der Waals surface area contributed by atoms with Gasteiger partial charge in [-0.05, 0) is 58.5 Å². The number of anilines is 2. The number of carbonyl (C=O) groups is 1. The first kappa shape index (κ1) is 44.8. The van der Waals surface area contributed by atoms with Crippen LogP contribution in [0, 0.1) is 6.92 Å². The molecular weight excluding hydrogens is 901 g/mol. The molecule has 1 amide bonds. The second-order valence-electron chi connectivity index (χ2n) is 18.9. The summed E-state index contributed by atoms with van der Waals surface area (Å²) >= 11 is 0. The first-order valence-electron chi connectivity index (χ1n) is 24.4. The van der Waals surface area contributed by atoms with E-state index < -0.39 is 10.8 Å². The Hall–Kier alpha value is -8.37. The standard InChI is InChI=1S/C32H29NO5.C30H25NO3/c1-34-23-15-25-30(29(16-23)35-2)32(20-38-26-18-28-27(17-24(26)32)36-13-14-37-28)19-33(25)31(21-9-5-3-6-10-21)22-11-7-4-8-12-22;1-20-17-24-27(18-26(20)33-2)34-19-30(24)23-15-9-10-16-25(23)31(29(30)32)28(21-11-5-3-6-12-21)22-13-7-4-8-14-22/h3-12,15-18,31H,13-14,19-20H2,1-2H3;3-18,28H,19H2,1-2H3. The van der Waals surface area contributed by atoms with Gasteiger partial charge in [0.15, 0.2) is 11.5 Å². The number of fused-ring (bicyclic) bond motifs is 9. The summed E-state index contributed by atoms with van der Waals surface area (Å²) in [5, 5.41) is 0. The zero-order valence-corrected chi connectivity index (χ0v) is 40.7. The normalized spacial score (nSPS) is 18.5. The fourth-order valence-corrected chi connectivity index (χ4v) is 11.7. The number of ether oxygens (including phenoxy) is 7.